The van der Waals surface area contributed by atoms with Crippen molar-refractivity contribution < 1.29 is 19.1 Å². The number of anilines is 1. The lowest BCUT2D eigenvalue weighted by molar-refractivity contribution is -0.137. The number of Topliss-reactive ketones (excluding diaryl/α,β-unsaturated/α-hetero) is 1. The number of carbonyl (C=O) groups excluding carboxylic acids is 3. The standard InChI is InChI=1S/C28H28N2O4.C2H6/c1-21(31)26(27(32)30-15-16-34-28(30)33)18-24-13-8-14-25(17-24)29(19-22-9-4-2-5-10-22)20-23-11-6-3-7-12-23;1-2/h2-14,17,26H,15-16,18-20H2,1H3;1-2H3. The Balaban J connectivity index is 0.00000176. The molecule has 3 aromatic rings. The van der Waals surface area contributed by atoms with Crippen LogP contribution in [0, 0.1) is 5.92 Å². The third-order valence-corrected chi connectivity index (χ3v) is 5.96. The van der Waals surface area contributed by atoms with E-state index >= 15 is 0 Å². The zero-order valence-corrected chi connectivity index (χ0v) is 21.2. The number of rotatable bonds is 9. The summed E-state index contributed by atoms with van der Waals surface area (Å²) in [5.41, 5.74) is 4.24. The highest BCUT2D eigenvalue weighted by Gasteiger charge is 2.35. The minimum absolute atomic E-state index is 0.165. The number of imide groups is 1. The number of hydrogen-bond donors (Lipinski definition) is 0. The Bertz CT molecular complexity index is 1110. The number of ketones is 1. The average Bonchev–Trinajstić information content (AvgIpc) is 3.35. The van der Waals surface area contributed by atoms with Crippen molar-refractivity contribution in [3.05, 3.63) is 102 Å². The number of benzene rings is 3. The quantitative estimate of drug-likeness (QED) is 0.366. The SMILES string of the molecule is CC.CC(=O)C(Cc1cccc(N(Cc2ccccc2)Cc2ccccc2)c1)C(=O)N1CCOC1=O. The lowest BCUT2D eigenvalue weighted by atomic mass is 9.94. The topological polar surface area (TPSA) is 66.9 Å². The van der Waals surface area contributed by atoms with Gasteiger partial charge in [0.2, 0.25) is 5.91 Å². The Morgan fingerprint density at radius 3 is 1.92 bits per heavy atom. The van der Waals surface area contributed by atoms with Crippen LogP contribution in [0.4, 0.5) is 10.5 Å². The highest BCUT2D eigenvalue weighted by molar-refractivity contribution is 6.05. The van der Waals surface area contributed by atoms with E-state index in [0.29, 0.717) is 13.1 Å². The van der Waals surface area contributed by atoms with Crippen molar-refractivity contribution in [2.24, 2.45) is 5.92 Å². The molecule has 0 saturated carbocycles. The van der Waals surface area contributed by atoms with Gasteiger partial charge in [-0.05, 0) is 42.2 Å². The van der Waals surface area contributed by atoms with Gasteiger partial charge in [0.15, 0.2) is 0 Å². The second kappa shape index (κ2) is 13.2. The molecule has 0 radical (unpaired) electrons. The summed E-state index contributed by atoms with van der Waals surface area (Å²) in [6.45, 7) is 7.18. The molecule has 0 spiro atoms. The number of ether oxygens (including phenoxy) is 1. The molecular formula is C30H34N2O4. The molecule has 0 bridgehead atoms. The maximum Gasteiger partial charge on any atom is 0.416 e. The first-order valence-corrected chi connectivity index (χ1v) is 12.4. The Morgan fingerprint density at radius 1 is 0.861 bits per heavy atom. The van der Waals surface area contributed by atoms with Gasteiger partial charge in [0.25, 0.3) is 0 Å². The van der Waals surface area contributed by atoms with Crippen LogP contribution in [0.15, 0.2) is 84.9 Å². The Morgan fingerprint density at radius 2 is 1.42 bits per heavy atom. The lowest BCUT2D eigenvalue weighted by Gasteiger charge is -2.26. The summed E-state index contributed by atoms with van der Waals surface area (Å²) in [6.07, 6.45) is -0.446. The molecule has 0 N–H and O–H groups in total. The fraction of sp³-hybridized carbons (Fsp3) is 0.300. The smallest absolute Gasteiger partial charge is 0.416 e. The maximum absolute atomic E-state index is 12.9. The largest absolute Gasteiger partial charge is 0.447 e. The first kappa shape index (κ1) is 26.7. The summed E-state index contributed by atoms with van der Waals surface area (Å²) in [7, 11) is 0. The number of carbonyl (C=O) groups is 3. The van der Waals surface area contributed by atoms with E-state index in [9.17, 15) is 14.4 Å². The molecule has 0 aliphatic carbocycles. The zero-order valence-electron chi connectivity index (χ0n) is 21.2. The fourth-order valence-corrected chi connectivity index (χ4v) is 4.15. The van der Waals surface area contributed by atoms with E-state index in [1.807, 2.05) is 74.5 Å². The van der Waals surface area contributed by atoms with Crippen LogP contribution >= 0.6 is 0 Å². The predicted molar refractivity (Wildman–Crippen MR) is 141 cm³/mol. The van der Waals surface area contributed by atoms with Crippen LogP contribution in [0.3, 0.4) is 0 Å². The summed E-state index contributed by atoms with van der Waals surface area (Å²) in [5.74, 6) is -1.68. The van der Waals surface area contributed by atoms with Gasteiger partial charge in [-0.15, -0.1) is 0 Å². The van der Waals surface area contributed by atoms with Crippen LogP contribution in [0.2, 0.25) is 0 Å². The molecule has 1 atom stereocenters. The summed E-state index contributed by atoms with van der Waals surface area (Å²) in [4.78, 5) is 40.4. The third kappa shape index (κ3) is 7.04. The molecule has 36 heavy (non-hydrogen) atoms. The van der Waals surface area contributed by atoms with E-state index in [1.54, 1.807) is 0 Å². The van der Waals surface area contributed by atoms with Crippen LogP contribution in [-0.2, 0) is 33.8 Å². The molecule has 1 aliphatic rings. The Kier molecular flexibility index (Phi) is 9.81. The molecule has 188 valence electrons. The second-order valence-corrected chi connectivity index (χ2v) is 8.47. The van der Waals surface area contributed by atoms with Crippen LogP contribution < -0.4 is 4.90 Å². The van der Waals surface area contributed by atoms with Crippen LogP contribution in [0.5, 0.6) is 0 Å². The maximum atomic E-state index is 12.9. The van der Waals surface area contributed by atoms with Crippen LogP contribution in [-0.4, -0.2) is 35.8 Å². The molecule has 6 nitrogen and oxygen atoms in total. The van der Waals surface area contributed by atoms with E-state index in [2.05, 4.69) is 29.2 Å². The molecule has 0 aromatic heterocycles. The fourth-order valence-electron chi connectivity index (χ4n) is 4.15. The van der Waals surface area contributed by atoms with Gasteiger partial charge in [-0.2, -0.15) is 0 Å². The van der Waals surface area contributed by atoms with Crippen molar-refractivity contribution >= 4 is 23.5 Å². The zero-order chi connectivity index (χ0) is 25.9. The van der Waals surface area contributed by atoms with Gasteiger partial charge in [-0.3, -0.25) is 9.59 Å². The minimum atomic E-state index is -0.919. The lowest BCUT2D eigenvalue weighted by Crippen LogP contribution is -2.40. The molecule has 4 rings (SSSR count). The van der Waals surface area contributed by atoms with E-state index in [-0.39, 0.29) is 25.4 Å². The van der Waals surface area contributed by atoms with Gasteiger partial charge < -0.3 is 9.64 Å². The highest BCUT2D eigenvalue weighted by Crippen LogP contribution is 2.24. The molecule has 1 aliphatic heterocycles. The van der Waals surface area contributed by atoms with Crippen molar-refractivity contribution in [1.29, 1.82) is 0 Å². The minimum Gasteiger partial charge on any atom is -0.447 e. The Hall–Kier alpha value is -3.93. The molecular weight excluding hydrogens is 452 g/mol. The molecule has 1 unspecified atom stereocenters. The third-order valence-electron chi connectivity index (χ3n) is 5.96. The number of nitrogens with zero attached hydrogens (tertiary/aromatic N) is 2. The van der Waals surface area contributed by atoms with E-state index < -0.39 is 17.9 Å². The van der Waals surface area contributed by atoms with Crippen molar-refractivity contribution in [1.82, 2.24) is 4.90 Å². The number of amides is 2. The monoisotopic (exact) mass is 486 g/mol. The van der Waals surface area contributed by atoms with Gasteiger partial charge in [-0.25, -0.2) is 9.69 Å². The predicted octanol–water partition coefficient (Wildman–Crippen LogP) is 5.65. The van der Waals surface area contributed by atoms with Gasteiger partial charge >= 0.3 is 6.09 Å². The molecule has 1 heterocycles. The summed E-state index contributed by atoms with van der Waals surface area (Å²) in [5, 5.41) is 0. The normalized spacial score (nSPS) is 13.3. The van der Waals surface area contributed by atoms with E-state index in [1.165, 1.54) is 18.1 Å². The van der Waals surface area contributed by atoms with Crippen molar-refractivity contribution in [3.8, 4) is 0 Å². The van der Waals surface area contributed by atoms with Gasteiger partial charge in [0, 0.05) is 18.8 Å². The number of hydrogen-bond acceptors (Lipinski definition) is 5. The average molecular weight is 487 g/mol. The Labute approximate surface area is 213 Å². The van der Waals surface area contributed by atoms with Crippen LogP contribution in [0.1, 0.15) is 37.5 Å². The summed E-state index contributed by atoms with van der Waals surface area (Å²) in [6, 6.07) is 28.4. The molecule has 6 heteroatoms. The molecule has 3 aromatic carbocycles. The van der Waals surface area contributed by atoms with E-state index in [0.717, 1.165) is 16.2 Å². The molecule has 1 saturated heterocycles. The van der Waals surface area contributed by atoms with Gasteiger partial charge in [0.1, 0.15) is 18.3 Å². The van der Waals surface area contributed by atoms with Crippen LogP contribution in [0.25, 0.3) is 0 Å². The second-order valence-electron chi connectivity index (χ2n) is 8.47. The highest BCUT2D eigenvalue weighted by atomic mass is 16.6. The van der Waals surface area contributed by atoms with Crippen molar-refractivity contribution in [2.75, 3.05) is 18.1 Å². The summed E-state index contributed by atoms with van der Waals surface area (Å²) >= 11 is 0. The number of cyclic esters (lactones) is 1. The van der Waals surface area contributed by atoms with Crippen molar-refractivity contribution in [3.63, 3.8) is 0 Å². The first-order valence-electron chi connectivity index (χ1n) is 12.4. The van der Waals surface area contributed by atoms with E-state index in [4.69, 9.17) is 4.74 Å². The van der Waals surface area contributed by atoms with Crippen molar-refractivity contribution in [2.45, 2.75) is 40.3 Å². The van der Waals surface area contributed by atoms with Gasteiger partial charge in [0.05, 0.1) is 6.54 Å². The first-order chi connectivity index (χ1) is 17.5. The molecule has 2 amide bonds. The van der Waals surface area contributed by atoms with Gasteiger partial charge in [-0.1, -0.05) is 86.6 Å². The summed E-state index contributed by atoms with van der Waals surface area (Å²) < 4.78 is 4.88. The molecule has 1 fully saturated rings.